The Kier molecular flexibility index (Phi) is 4.60. The van der Waals surface area contributed by atoms with Gasteiger partial charge in [0.15, 0.2) is 5.82 Å². The van der Waals surface area contributed by atoms with E-state index in [0.29, 0.717) is 6.54 Å². The molecule has 0 spiro atoms. The summed E-state index contributed by atoms with van der Waals surface area (Å²) < 4.78 is 2.19. The summed E-state index contributed by atoms with van der Waals surface area (Å²) in [5.41, 5.74) is -1.05. The highest BCUT2D eigenvalue weighted by Gasteiger charge is 2.38. The molecular weight excluding hydrogens is 308 g/mol. The number of aryl methyl sites for hydroxylation is 1. The number of fused-ring (bicyclic) bond motifs is 1. The normalized spacial score (nSPS) is 21.4. The van der Waals surface area contributed by atoms with Crippen molar-refractivity contribution in [3.05, 3.63) is 11.6 Å². The van der Waals surface area contributed by atoms with Crippen LogP contribution in [0.1, 0.15) is 70.1 Å². The molecule has 1 fully saturated rings. The lowest BCUT2D eigenvalue weighted by Gasteiger charge is -2.28. The van der Waals surface area contributed by atoms with Gasteiger partial charge in [0.2, 0.25) is 5.91 Å². The Labute approximate surface area is 142 Å². The highest BCUT2D eigenvalue weighted by Crippen LogP contribution is 2.34. The first kappa shape index (κ1) is 16.9. The predicted octanol–water partition coefficient (Wildman–Crippen LogP) is 2.17. The highest BCUT2D eigenvalue weighted by molar-refractivity contribution is 5.84. The molecule has 24 heavy (non-hydrogen) atoms. The van der Waals surface area contributed by atoms with Crippen LogP contribution in [0.15, 0.2) is 0 Å². The molecule has 1 atom stereocenters. The van der Waals surface area contributed by atoms with Gasteiger partial charge in [0.05, 0.1) is 11.5 Å². The molecule has 0 bridgehead atoms. The SMILES string of the molecule is CC(C)(CC(=O)N1CCCC1c1nnc2n1CCCCC2)C(=O)O. The van der Waals surface area contributed by atoms with Crippen LogP contribution in [0.3, 0.4) is 0 Å². The van der Waals surface area contributed by atoms with Gasteiger partial charge in [-0.15, -0.1) is 10.2 Å². The zero-order valence-corrected chi connectivity index (χ0v) is 14.5. The number of aliphatic carboxylic acids is 1. The summed E-state index contributed by atoms with van der Waals surface area (Å²) in [4.78, 5) is 25.8. The Morgan fingerprint density at radius 1 is 1.17 bits per heavy atom. The van der Waals surface area contributed by atoms with Crippen LogP contribution in [0.25, 0.3) is 0 Å². The van der Waals surface area contributed by atoms with Crippen LogP contribution in [0, 0.1) is 5.41 Å². The molecule has 0 radical (unpaired) electrons. The van der Waals surface area contributed by atoms with E-state index < -0.39 is 11.4 Å². The maximum absolute atomic E-state index is 12.7. The third-order valence-electron chi connectivity index (χ3n) is 5.18. The molecule has 0 saturated carbocycles. The average molecular weight is 334 g/mol. The molecule has 0 aromatic carbocycles. The summed E-state index contributed by atoms with van der Waals surface area (Å²) >= 11 is 0. The quantitative estimate of drug-likeness (QED) is 0.911. The third-order valence-corrected chi connectivity index (χ3v) is 5.18. The summed E-state index contributed by atoms with van der Waals surface area (Å²) in [5.74, 6) is 0.859. The number of carbonyl (C=O) groups is 2. The molecule has 2 aliphatic rings. The predicted molar refractivity (Wildman–Crippen MR) is 87.3 cm³/mol. The van der Waals surface area contributed by atoms with E-state index in [1.807, 2.05) is 4.90 Å². The zero-order valence-electron chi connectivity index (χ0n) is 14.5. The van der Waals surface area contributed by atoms with Gasteiger partial charge in [-0.2, -0.15) is 0 Å². The van der Waals surface area contributed by atoms with Gasteiger partial charge in [0.1, 0.15) is 5.82 Å². The second-order valence-corrected chi connectivity index (χ2v) is 7.55. The van der Waals surface area contributed by atoms with E-state index in [0.717, 1.165) is 50.3 Å². The maximum atomic E-state index is 12.7. The van der Waals surface area contributed by atoms with Gasteiger partial charge in [-0.3, -0.25) is 9.59 Å². The number of carboxylic acid groups (broad SMARTS) is 1. The van der Waals surface area contributed by atoms with E-state index in [4.69, 9.17) is 0 Å². The highest BCUT2D eigenvalue weighted by atomic mass is 16.4. The average Bonchev–Trinajstić information content (AvgIpc) is 3.07. The van der Waals surface area contributed by atoms with E-state index in [9.17, 15) is 14.7 Å². The number of rotatable bonds is 4. The minimum atomic E-state index is -1.05. The van der Waals surface area contributed by atoms with E-state index in [1.165, 1.54) is 6.42 Å². The standard InChI is InChI=1S/C17H26N4O3/c1-17(2,16(23)24)11-14(22)20-10-6-7-12(20)15-19-18-13-8-4-3-5-9-21(13)15/h12H,3-11H2,1-2H3,(H,23,24). The molecule has 7 heteroatoms. The molecule has 1 N–H and O–H groups in total. The lowest BCUT2D eigenvalue weighted by Crippen LogP contribution is -2.37. The molecule has 2 aliphatic heterocycles. The Bertz CT molecular complexity index is 638. The van der Waals surface area contributed by atoms with E-state index in [2.05, 4.69) is 14.8 Å². The molecule has 1 aromatic heterocycles. The number of aromatic nitrogens is 3. The fourth-order valence-electron chi connectivity index (χ4n) is 3.64. The van der Waals surface area contributed by atoms with Gasteiger partial charge in [-0.25, -0.2) is 0 Å². The van der Waals surface area contributed by atoms with Crippen LogP contribution >= 0.6 is 0 Å². The Morgan fingerprint density at radius 3 is 2.71 bits per heavy atom. The first-order valence-electron chi connectivity index (χ1n) is 8.85. The Hall–Kier alpha value is -1.92. The lowest BCUT2D eigenvalue weighted by molar-refractivity contribution is -0.151. The van der Waals surface area contributed by atoms with E-state index in [1.54, 1.807) is 13.8 Å². The summed E-state index contributed by atoms with van der Waals surface area (Å²) in [6.07, 6.45) is 6.20. The van der Waals surface area contributed by atoms with Crippen LogP contribution in [0.4, 0.5) is 0 Å². The van der Waals surface area contributed by atoms with Crippen molar-refractivity contribution in [2.75, 3.05) is 6.54 Å². The van der Waals surface area contributed by atoms with Crippen molar-refractivity contribution in [2.24, 2.45) is 5.41 Å². The van der Waals surface area contributed by atoms with Gasteiger partial charge in [-0.1, -0.05) is 6.42 Å². The molecule has 132 valence electrons. The zero-order chi connectivity index (χ0) is 17.3. The number of carbonyl (C=O) groups excluding carboxylic acids is 1. The molecule has 3 rings (SSSR count). The van der Waals surface area contributed by atoms with E-state index >= 15 is 0 Å². The largest absolute Gasteiger partial charge is 0.481 e. The number of hydrogen-bond acceptors (Lipinski definition) is 4. The van der Waals surface area contributed by atoms with Gasteiger partial charge >= 0.3 is 5.97 Å². The van der Waals surface area contributed by atoms with Gasteiger partial charge < -0.3 is 14.6 Å². The summed E-state index contributed by atoms with van der Waals surface area (Å²) in [5, 5.41) is 18.0. The van der Waals surface area contributed by atoms with Gasteiger partial charge in [0, 0.05) is 25.9 Å². The molecule has 1 unspecified atom stereocenters. The Balaban J connectivity index is 1.80. The summed E-state index contributed by atoms with van der Waals surface area (Å²) in [6.45, 7) is 4.78. The van der Waals surface area contributed by atoms with Crippen LogP contribution in [0.2, 0.25) is 0 Å². The smallest absolute Gasteiger partial charge is 0.309 e. The molecule has 1 saturated heterocycles. The van der Waals surface area contributed by atoms with Crippen molar-refractivity contribution < 1.29 is 14.7 Å². The fraction of sp³-hybridized carbons (Fsp3) is 0.765. The summed E-state index contributed by atoms with van der Waals surface area (Å²) in [7, 11) is 0. The summed E-state index contributed by atoms with van der Waals surface area (Å²) in [6, 6.07) is -0.0681. The molecule has 3 heterocycles. The first-order valence-corrected chi connectivity index (χ1v) is 8.85. The molecule has 0 aliphatic carbocycles. The van der Waals surface area contributed by atoms with Crippen molar-refractivity contribution >= 4 is 11.9 Å². The molecule has 7 nitrogen and oxygen atoms in total. The van der Waals surface area contributed by atoms with Gasteiger partial charge in [-0.05, 0) is 39.5 Å². The van der Waals surface area contributed by atoms with Crippen molar-refractivity contribution in [3.8, 4) is 0 Å². The third kappa shape index (κ3) is 3.16. The number of amides is 1. The number of likely N-dealkylation sites (tertiary alicyclic amines) is 1. The molecule has 1 aromatic rings. The van der Waals surface area contributed by atoms with Crippen molar-refractivity contribution in [1.82, 2.24) is 19.7 Å². The van der Waals surface area contributed by atoms with Crippen molar-refractivity contribution in [1.29, 1.82) is 0 Å². The number of hydrogen-bond donors (Lipinski definition) is 1. The second kappa shape index (κ2) is 6.53. The van der Waals surface area contributed by atoms with Crippen molar-refractivity contribution in [3.63, 3.8) is 0 Å². The van der Waals surface area contributed by atoms with Crippen molar-refractivity contribution in [2.45, 2.75) is 71.4 Å². The fourth-order valence-corrected chi connectivity index (χ4v) is 3.64. The molecule has 1 amide bonds. The topological polar surface area (TPSA) is 88.3 Å². The lowest BCUT2D eigenvalue weighted by atomic mass is 9.89. The van der Waals surface area contributed by atoms with Crippen LogP contribution in [-0.4, -0.2) is 43.2 Å². The van der Waals surface area contributed by atoms with Gasteiger partial charge in [0.25, 0.3) is 0 Å². The molecular formula is C17H26N4O3. The number of nitrogens with zero attached hydrogens (tertiary/aromatic N) is 4. The Morgan fingerprint density at radius 2 is 1.96 bits per heavy atom. The van der Waals surface area contributed by atoms with Crippen LogP contribution in [-0.2, 0) is 22.6 Å². The first-order chi connectivity index (χ1) is 11.4. The minimum absolute atomic E-state index is 0.0137. The minimum Gasteiger partial charge on any atom is -0.481 e. The maximum Gasteiger partial charge on any atom is 0.309 e. The van der Waals surface area contributed by atoms with Crippen LogP contribution in [0.5, 0.6) is 0 Å². The van der Waals surface area contributed by atoms with E-state index in [-0.39, 0.29) is 18.4 Å². The second-order valence-electron chi connectivity index (χ2n) is 7.55. The van der Waals surface area contributed by atoms with Crippen LogP contribution < -0.4 is 0 Å². The number of carboxylic acids is 1. The monoisotopic (exact) mass is 334 g/mol.